The topological polar surface area (TPSA) is 82.1 Å². The van der Waals surface area contributed by atoms with E-state index in [0.717, 1.165) is 41.9 Å². The highest BCUT2D eigenvalue weighted by Gasteiger charge is 2.33. The predicted octanol–water partition coefficient (Wildman–Crippen LogP) is 4.20. The van der Waals surface area contributed by atoms with Gasteiger partial charge in [-0.15, -0.1) is 0 Å². The first-order valence-electron chi connectivity index (χ1n) is 13.5. The first kappa shape index (κ1) is 25.2. The van der Waals surface area contributed by atoms with E-state index in [2.05, 4.69) is 32.4 Å². The van der Waals surface area contributed by atoms with Crippen LogP contribution >= 0.6 is 0 Å². The lowest BCUT2D eigenvalue weighted by molar-refractivity contribution is -0.147. The van der Waals surface area contributed by atoms with Crippen molar-refractivity contribution in [2.24, 2.45) is 0 Å². The van der Waals surface area contributed by atoms with E-state index < -0.39 is 12.7 Å². The molecule has 0 unspecified atom stereocenters. The molecule has 0 bridgehead atoms. The van der Waals surface area contributed by atoms with Gasteiger partial charge in [-0.1, -0.05) is 0 Å². The van der Waals surface area contributed by atoms with Crippen molar-refractivity contribution in [3.05, 3.63) is 36.3 Å². The van der Waals surface area contributed by atoms with E-state index in [0.29, 0.717) is 49.5 Å². The number of halogens is 3. The van der Waals surface area contributed by atoms with Gasteiger partial charge >= 0.3 is 6.18 Å². The van der Waals surface area contributed by atoms with Crippen molar-refractivity contribution in [1.82, 2.24) is 30.2 Å². The summed E-state index contributed by atoms with van der Waals surface area (Å²) in [6, 6.07) is 4.28. The third-order valence-electron chi connectivity index (χ3n) is 7.66. The summed E-state index contributed by atoms with van der Waals surface area (Å²) < 4.78 is 38.2. The fourth-order valence-electron chi connectivity index (χ4n) is 5.62. The Hall–Kier alpha value is -3.05. The maximum Gasteiger partial charge on any atom is 0.401 e. The highest BCUT2D eigenvalue weighted by atomic mass is 19.4. The lowest BCUT2D eigenvalue weighted by Gasteiger charge is -2.34. The number of nitrogens with one attached hydrogen (secondary N) is 2. The van der Waals surface area contributed by atoms with Gasteiger partial charge in [0, 0.05) is 68.2 Å². The zero-order valence-electron chi connectivity index (χ0n) is 21.5. The lowest BCUT2D eigenvalue weighted by atomic mass is 10.0. The number of piperazine rings is 1. The van der Waals surface area contributed by atoms with Crippen molar-refractivity contribution in [3.63, 3.8) is 0 Å². The zero-order valence-corrected chi connectivity index (χ0v) is 21.5. The summed E-state index contributed by atoms with van der Waals surface area (Å²) in [6.07, 6.45) is 5.00. The summed E-state index contributed by atoms with van der Waals surface area (Å²) in [5.74, 6) is 2.80. The Morgan fingerprint density at radius 2 is 1.89 bits per heavy atom. The number of aromatic nitrogens is 4. The maximum atomic E-state index is 12.7. The van der Waals surface area contributed by atoms with Crippen LogP contribution in [0.25, 0.3) is 22.3 Å². The monoisotopic (exact) mass is 526 g/mol. The molecule has 2 saturated heterocycles. The van der Waals surface area contributed by atoms with Crippen LogP contribution in [0, 0.1) is 0 Å². The molecule has 2 N–H and O–H groups in total. The second-order valence-corrected chi connectivity index (χ2v) is 10.8. The molecule has 3 aromatic rings. The molecule has 0 amide bonds. The van der Waals surface area contributed by atoms with Crippen LogP contribution in [0.3, 0.4) is 0 Å². The van der Waals surface area contributed by atoms with Gasteiger partial charge in [0.25, 0.3) is 0 Å². The normalized spacial score (nSPS) is 21.7. The van der Waals surface area contributed by atoms with Crippen LogP contribution < -0.4 is 15.5 Å². The van der Waals surface area contributed by atoms with Crippen LogP contribution in [0.1, 0.15) is 44.1 Å². The van der Waals surface area contributed by atoms with Crippen LogP contribution in [-0.4, -0.2) is 82.4 Å². The molecule has 11 heteroatoms. The molecule has 1 aliphatic carbocycles. The van der Waals surface area contributed by atoms with E-state index in [4.69, 9.17) is 9.97 Å². The number of hydrogen-bond acceptors (Lipinski definition) is 8. The Kier molecular flexibility index (Phi) is 6.81. The third-order valence-corrected chi connectivity index (χ3v) is 7.66. The Morgan fingerprint density at radius 1 is 1.08 bits per heavy atom. The van der Waals surface area contributed by atoms with Gasteiger partial charge in [-0.2, -0.15) is 13.2 Å². The summed E-state index contributed by atoms with van der Waals surface area (Å²) in [7, 11) is 0. The Morgan fingerprint density at radius 3 is 2.63 bits per heavy atom. The van der Waals surface area contributed by atoms with Crippen molar-refractivity contribution in [3.8, 4) is 11.4 Å². The van der Waals surface area contributed by atoms with E-state index in [1.807, 2.05) is 24.5 Å². The molecule has 1 atom stereocenters. The van der Waals surface area contributed by atoms with Gasteiger partial charge in [0.15, 0.2) is 5.82 Å². The summed E-state index contributed by atoms with van der Waals surface area (Å²) in [5, 5.41) is 8.04. The van der Waals surface area contributed by atoms with Crippen LogP contribution in [-0.2, 0) is 0 Å². The van der Waals surface area contributed by atoms with Crippen LogP contribution in [0.4, 0.5) is 24.8 Å². The number of rotatable bonds is 6. The maximum absolute atomic E-state index is 12.7. The molecule has 0 spiro atoms. The number of piperidine rings is 1. The van der Waals surface area contributed by atoms with Gasteiger partial charge in [-0.05, 0) is 56.2 Å². The highest BCUT2D eigenvalue weighted by Crippen LogP contribution is 2.45. The molecule has 8 nitrogen and oxygen atoms in total. The quantitative estimate of drug-likeness (QED) is 0.495. The number of alkyl halides is 3. The number of fused-ring (bicyclic) bond motifs is 1. The minimum absolute atomic E-state index is 0.0722. The first-order chi connectivity index (χ1) is 18.3. The minimum Gasteiger partial charge on any atom is -0.367 e. The minimum atomic E-state index is -4.16. The molecule has 202 valence electrons. The van der Waals surface area contributed by atoms with Gasteiger partial charge in [0.1, 0.15) is 11.6 Å². The standard InChI is InChI=1S/C27H33F3N8/c1-17-15-38(11-8-32-17)26-24-21(18-2-3-18)13-31-14-22(24)35-25(36-26)19-4-7-33-23(12-19)34-20-5-9-37(10-6-20)16-27(28,29)30/h4,7,12-14,17-18,20,32H,2-3,5-6,8-11,15-16H2,1H3,(H,33,34)/t17-/m0/s1. The molecular formula is C27H33F3N8. The highest BCUT2D eigenvalue weighted by molar-refractivity contribution is 5.94. The van der Waals surface area contributed by atoms with Crippen LogP contribution in [0.15, 0.2) is 30.7 Å². The predicted molar refractivity (Wildman–Crippen MR) is 141 cm³/mol. The Balaban J connectivity index is 1.27. The summed E-state index contributed by atoms with van der Waals surface area (Å²) >= 11 is 0. The Bertz CT molecular complexity index is 1290. The van der Waals surface area contributed by atoms with E-state index in [1.54, 1.807) is 6.20 Å². The number of likely N-dealkylation sites (tertiary alicyclic amines) is 1. The molecule has 3 fully saturated rings. The van der Waals surface area contributed by atoms with Crippen LogP contribution in [0.5, 0.6) is 0 Å². The molecule has 3 aromatic heterocycles. The van der Waals surface area contributed by atoms with Crippen LogP contribution in [0.2, 0.25) is 0 Å². The molecule has 5 heterocycles. The van der Waals surface area contributed by atoms with Crippen molar-refractivity contribution in [1.29, 1.82) is 0 Å². The summed E-state index contributed by atoms with van der Waals surface area (Å²) in [5.41, 5.74) is 2.94. The molecule has 2 aliphatic heterocycles. The molecular weight excluding hydrogens is 493 g/mol. The van der Waals surface area contributed by atoms with Crippen molar-refractivity contribution in [2.75, 3.05) is 49.5 Å². The fraction of sp³-hybridized carbons (Fsp3) is 0.556. The van der Waals surface area contributed by atoms with E-state index in [1.165, 1.54) is 23.3 Å². The molecule has 38 heavy (non-hydrogen) atoms. The molecule has 1 saturated carbocycles. The van der Waals surface area contributed by atoms with Gasteiger partial charge in [0.05, 0.1) is 18.3 Å². The van der Waals surface area contributed by atoms with E-state index >= 15 is 0 Å². The molecule has 0 aromatic carbocycles. The van der Waals surface area contributed by atoms with Crippen molar-refractivity contribution in [2.45, 2.75) is 56.8 Å². The molecule has 0 radical (unpaired) electrons. The summed E-state index contributed by atoms with van der Waals surface area (Å²) in [6.45, 7) is 4.80. The number of anilines is 2. The first-order valence-corrected chi connectivity index (χ1v) is 13.5. The largest absolute Gasteiger partial charge is 0.401 e. The average molecular weight is 527 g/mol. The van der Waals surface area contributed by atoms with Gasteiger partial charge in [-0.3, -0.25) is 9.88 Å². The smallest absolute Gasteiger partial charge is 0.367 e. The second-order valence-electron chi connectivity index (χ2n) is 10.8. The van der Waals surface area contributed by atoms with Crippen molar-refractivity contribution < 1.29 is 13.2 Å². The molecule has 3 aliphatic rings. The number of hydrogen-bond donors (Lipinski definition) is 2. The lowest BCUT2D eigenvalue weighted by Crippen LogP contribution is -2.49. The van der Waals surface area contributed by atoms with Crippen molar-refractivity contribution >= 4 is 22.5 Å². The fourth-order valence-corrected chi connectivity index (χ4v) is 5.62. The Labute approximate surface area is 220 Å². The zero-order chi connectivity index (χ0) is 26.3. The number of nitrogens with zero attached hydrogens (tertiary/aromatic N) is 6. The average Bonchev–Trinajstić information content (AvgIpc) is 3.74. The SMILES string of the molecule is C[C@H]1CN(c2nc(-c3ccnc(NC4CCN(CC(F)(F)F)CC4)c3)nc3cncc(C4CC4)c23)CCN1. The summed E-state index contributed by atoms with van der Waals surface area (Å²) in [4.78, 5) is 22.9. The number of pyridine rings is 2. The van der Waals surface area contributed by atoms with Gasteiger partial charge < -0.3 is 15.5 Å². The van der Waals surface area contributed by atoms with E-state index in [-0.39, 0.29) is 6.04 Å². The third kappa shape index (κ3) is 5.68. The van der Waals surface area contributed by atoms with E-state index in [9.17, 15) is 13.2 Å². The molecule has 6 rings (SSSR count). The van der Waals surface area contributed by atoms with Gasteiger partial charge in [0.2, 0.25) is 0 Å². The second kappa shape index (κ2) is 10.3. The van der Waals surface area contributed by atoms with Gasteiger partial charge in [-0.25, -0.2) is 15.0 Å².